The Labute approximate surface area is 189 Å². The fourth-order valence-corrected chi connectivity index (χ4v) is 3.75. The Hall–Kier alpha value is -4.26. The molecule has 0 aliphatic carbocycles. The van der Waals surface area contributed by atoms with Crippen LogP contribution in [0.5, 0.6) is 0 Å². The SMILES string of the molecule is CC(C)Cn1nc(C(=O)Nc2ccc(-c3nc4ccccc4o3)cc2)c2ccccc2c1=O. The maximum absolute atomic E-state index is 13.1. The lowest BCUT2D eigenvalue weighted by Crippen LogP contribution is -2.29. The minimum Gasteiger partial charge on any atom is -0.436 e. The smallest absolute Gasteiger partial charge is 0.276 e. The van der Waals surface area contributed by atoms with Crippen LogP contribution in [0.2, 0.25) is 0 Å². The molecular formula is C26H22N4O3. The third kappa shape index (κ3) is 4.01. The second-order valence-corrected chi connectivity index (χ2v) is 8.29. The molecule has 7 nitrogen and oxygen atoms in total. The fraction of sp³-hybridized carbons (Fsp3) is 0.154. The highest BCUT2D eigenvalue weighted by molar-refractivity contribution is 6.11. The fourth-order valence-electron chi connectivity index (χ4n) is 3.75. The zero-order valence-corrected chi connectivity index (χ0v) is 18.3. The van der Waals surface area contributed by atoms with E-state index >= 15 is 0 Å². The Balaban J connectivity index is 1.44. The number of carbonyl (C=O) groups is 1. The van der Waals surface area contributed by atoms with Gasteiger partial charge in [0.2, 0.25) is 5.89 Å². The minimum absolute atomic E-state index is 0.196. The van der Waals surface area contributed by atoms with E-state index in [1.165, 1.54) is 4.68 Å². The molecule has 0 bridgehead atoms. The van der Waals surface area contributed by atoms with Gasteiger partial charge in [-0.25, -0.2) is 9.67 Å². The van der Waals surface area contributed by atoms with E-state index in [1.54, 1.807) is 36.4 Å². The van der Waals surface area contributed by atoms with E-state index in [0.29, 0.717) is 28.9 Å². The lowest BCUT2D eigenvalue weighted by Gasteiger charge is -2.13. The van der Waals surface area contributed by atoms with E-state index in [-0.39, 0.29) is 23.1 Å². The minimum atomic E-state index is -0.377. The molecule has 0 radical (unpaired) electrons. The summed E-state index contributed by atoms with van der Waals surface area (Å²) in [6.07, 6.45) is 0. The lowest BCUT2D eigenvalue weighted by molar-refractivity contribution is 0.102. The highest BCUT2D eigenvalue weighted by atomic mass is 16.3. The van der Waals surface area contributed by atoms with Gasteiger partial charge in [0.25, 0.3) is 11.5 Å². The van der Waals surface area contributed by atoms with Crippen molar-refractivity contribution in [3.63, 3.8) is 0 Å². The summed E-state index contributed by atoms with van der Waals surface area (Å²) in [6, 6.07) is 21.9. The van der Waals surface area contributed by atoms with Gasteiger partial charge in [-0.3, -0.25) is 9.59 Å². The van der Waals surface area contributed by atoms with Gasteiger partial charge in [-0.05, 0) is 48.4 Å². The molecule has 5 aromatic rings. The van der Waals surface area contributed by atoms with Gasteiger partial charge in [0, 0.05) is 23.2 Å². The van der Waals surface area contributed by atoms with Gasteiger partial charge in [0.05, 0.1) is 5.39 Å². The molecule has 0 spiro atoms. The number of rotatable bonds is 5. The molecule has 0 aliphatic heterocycles. The van der Waals surface area contributed by atoms with Crippen LogP contribution >= 0.6 is 0 Å². The first kappa shape index (κ1) is 20.6. The monoisotopic (exact) mass is 438 g/mol. The maximum Gasteiger partial charge on any atom is 0.276 e. The standard InChI is InChI=1S/C26H22N4O3/c1-16(2)15-30-26(32)20-8-4-3-7-19(20)23(29-30)24(31)27-18-13-11-17(12-14-18)25-28-21-9-5-6-10-22(21)33-25/h3-14,16H,15H2,1-2H3,(H,27,31). The lowest BCUT2D eigenvalue weighted by atomic mass is 10.1. The second-order valence-electron chi connectivity index (χ2n) is 8.29. The topological polar surface area (TPSA) is 90.0 Å². The van der Waals surface area contributed by atoms with Crippen LogP contribution in [-0.4, -0.2) is 20.7 Å². The summed E-state index contributed by atoms with van der Waals surface area (Å²) in [5, 5.41) is 8.29. The van der Waals surface area contributed by atoms with E-state index in [2.05, 4.69) is 15.4 Å². The predicted octanol–water partition coefficient (Wildman–Crippen LogP) is 5.11. The van der Waals surface area contributed by atoms with E-state index < -0.39 is 0 Å². The van der Waals surface area contributed by atoms with Gasteiger partial charge in [0.15, 0.2) is 11.3 Å². The summed E-state index contributed by atoms with van der Waals surface area (Å²) in [5.41, 5.74) is 2.94. The number of hydrogen-bond acceptors (Lipinski definition) is 5. The molecule has 0 saturated carbocycles. The van der Waals surface area contributed by atoms with E-state index in [0.717, 1.165) is 16.7 Å². The van der Waals surface area contributed by atoms with Crippen molar-refractivity contribution in [1.29, 1.82) is 0 Å². The highest BCUT2D eigenvalue weighted by Gasteiger charge is 2.17. The molecule has 0 saturated heterocycles. The molecule has 1 amide bonds. The number of aromatic nitrogens is 3. The predicted molar refractivity (Wildman–Crippen MR) is 128 cm³/mol. The zero-order chi connectivity index (χ0) is 22.9. The van der Waals surface area contributed by atoms with Crippen LogP contribution in [0, 0.1) is 5.92 Å². The van der Waals surface area contributed by atoms with E-state index in [1.807, 2.05) is 50.2 Å². The van der Waals surface area contributed by atoms with Crippen LogP contribution in [-0.2, 0) is 6.54 Å². The number of oxazole rings is 1. The molecule has 33 heavy (non-hydrogen) atoms. The van der Waals surface area contributed by atoms with Crippen LogP contribution in [0.15, 0.2) is 82.0 Å². The molecule has 0 fully saturated rings. The second kappa shape index (κ2) is 8.35. The normalized spacial score (nSPS) is 11.4. The Bertz CT molecular complexity index is 1500. The van der Waals surface area contributed by atoms with E-state index in [4.69, 9.17) is 4.42 Å². The van der Waals surface area contributed by atoms with Gasteiger partial charge in [0.1, 0.15) is 5.52 Å². The number of hydrogen-bond donors (Lipinski definition) is 1. The summed E-state index contributed by atoms with van der Waals surface area (Å²) in [4.78, 5) is 30.4. The molecule has 2 aromatic heterocycles. The van der Waals surface area contributed by atoms with Gasteiger partial charge in [-0.15, -0.1) is 0 Å². The van der Waals surface area contributed by atoms with Crippen molar-refractivity contribution in [2.75, 3.05) is 5.32 Å². The number of anilines is 1. The average molecular weight is 438 g/mol. The molecular weight excluding hydrogens is 416 g/mol. The number of nitrogens with one attached hydrogen (secondary N) is 1. The van der Waals surface area contributed by atoms with Crippen molar-refractivity contribution in [2.45, 2.75) is 20.4 Å². The Morgan fingerprint density at radius 1 is 0.970 bits per heavy atom. The van der Waals surface area contributed by atoms with Crippen molar-refractivity contribution < 1.29 is 9.21 Å². The van der Waals surface area contributed by atoms with Crippen molar-refractivity contribution >= 4 is 33.5 Å². The summed E-state index contributed by atoms with van der Waals surface area (Å²) in [5.74, 6) is 0.354. The van der Waals surface area contributed by atoms with Gasteiger partial charge < -0.3 is 9.73 Å². The van der Waals surface area contributed by atoms with E-state index in [9.17, 15) is 9.59 Å². The number of fused-ring (bicyclic) bond motifs is 2. The maximum atomic E-state index is 13.1. The quantitative estimate of drug-likeness (QED) is 0.412. The molecule has 2 heterocycles. The number of benzene rings is 3. The number of para-hydroxylation sites is 2. The number of carbonyl (C=O) groups excluding carboxylic acids is 1. The van der Waals surface area contributed by atoms with Crippen LogP contribution in [0.4, 0.5) is 5.69 Å². The third-order valence-electron chi connectivity index (χ3n) is 5.30. The summed E-state index contributed by atoms with van der Waals surface area (Å²) in [6.45, 7) is 4.44. The molecule has 1 N–H and O–H groups in total. The summed E-state index contributed by atoms with van der Waals surface area (Å²) >= 11 is 0. The molecule has 5 rings (SSSR count). The van der Waals surface area contributed by atoms with Crippen molar-refractivity contribution in [1.82, 2.24) is 14.8 Å². The Morgan fingerprint density at radius 2 is 1.67 bits per heavy atom. The first-order valence-corrected chi connectivity index (χ1v) is 10.8. The highest BCUT2D eigenvalue weighted by Crippen LogP contribution is 2.25. The largest absolute Gasteiger partial charge is 0.436 e. The molecule has 3 aromatic carbocycles. The summed E-state index contributed by atoms with van der Waals surface area (Å²) < 4.78 is 7.18. The molecule has 0 atom stereocenters. The van der Waals surface area contributed by atoms with Crippen LogP contribution in [0.25, 0.3) is 33.3 Å². The van der Waals surface area contributed by atoms with Crippen molar-refractivity contribution in [3.05, 3.63) is 88.8 Å². The Kier molecular flexibility index (Phi) is 5.22. The van der Waals surface area contributed by atoms with Crippen molar-refractivity contribution in [2.24, 2.45) is 5.92 Å². The average Bonchev–Trinajstić information content (AvgIpc) is 3.25. The van der Waals surface area contributed by atoms with Crippen LogP contribution in [0.1, 0.15) is 24.3 Å². The third-order valence-corrected chi connectivity index (χ3v) is 5.30. The van der Waals surface area contributed by atoms with Crippen LogP contribution < -0.4 is 10.9 Å². The van der Waals surface area contributed by atoms with Gasteiger partial charge in [-0.1, -0.05) is 44.2 Å². The first-order valence-electron chi connectivity index (χ1n) is 10.8. The zero-order valence-electron chi connectivity index (χ0n) is 18.3. The first-order chi connectivity index (χ1) is 16.0. The number of nitrogens with zero attached hydrogens (tertiary/aromatic N) is 3. The molecule has 164 valence electrons. The van der Waals surface area contributed by atoms with Crippen LogP contribution in [0.3, 0.4) is 0 Å². The van der Waals surface area contributed by atoms with Gasteiger partial charge >= 0.3 is 0 Å². The summed E-state index contributed by atoms with van der Waals surface area (Å²) in [7, 11) is 0. The number of amides is 1. The molecule has 0 unspecified atom stereocenters. The van der Waals surface area contributed by atoms with Gasteiger partial charge in [-0.2, -0.15) is 5.10 Å². The molecule has 0 aliphatic rings. The molecule has 7 heteroatoms. The Morgan fingerprint density at radius 3 is 2.39 bits per heavy atom. The van der Waals surface area contributed by atoms with Crippen molar-refractivity contribution in [3.8, 4) is 11.5 Å².